The molecule has 0 amide bonds. The van der Waals surface area contributed by atoms with E-state index in [2.05, 4.69) is 15.0 Å². The van der Waals surface area contributed by atoms with Crippen LogP contribution in [0.3, 0.4) is 0 Å². The van der Waals surface area contributed by atoms with E-state index in [4.69, 9.17) is 5.73 Å². The number of hydrogen-bond acceptors (Lipinski definition) is 2. The summed E-state index contributed by atoms with van der Waals surface area (Å²) in [5, 5.41) is 0.823. The van der Waals surface area contributed by atoms with Crippen molar-refractivity contribution in [1.29, 1.82) is 0 Å². The molecule has 92 valence electrons. The van der Waals surface area contributed by atoms with E-state index in [0.29, 0.717) is 6.54 Å². The number of nitrogens with one attached hydrogen (secondary N) is 2. The number of hydrogen-bond donors (Lipinski definition) is 3. The Hall–Kier alpha value is -2.14. The van der Waals surface area contributed by atoms with E-state index in [-0.39, 0.29) is 5.82 Å². The SMILES string of the molecule is NCCc1cnc(-c2c[nH]c3ccc(F)cc23)[nH]1. The van der Waals surface area contributed by atoms with E-state index in [0.717, 1.165) is 34.4 Å². The monoisotopic (exact) mass is 244 g/mol. The van der Waals surface area contributed by atoms with Crippen molar-refractivity contribution in [2.75, 3.05) is 6.54 Å². The molecule has 3 rings (SSSR count). The first-order valence-electron chi connectivity index (χ1n) is 5.79. The van der Waals surface area contributed by atoms with E-state index in [1.807, 2.05) is 6.20 Å². The first kappa shape index (κ1) is 11.0. The van der Waals surface area contributed by atoms with Crippen molar-refractivity contribution in [2.45, 2.75) is 6.42 Å². The summed E-state index contributed by atoms with van der Waals surface area (Å²) in [4.78, 5) is 10.6. The second-order valence-electron chi connectivity index (χ2n) is 4.19. The minimum Gasteiger partial charge on any atom is -0.360 e. The molecule has 2 aromatic heterocycles. The number of aromatic nitrogens is 3. The van der Waals surface area contributed by atoms with Gasteiger partial charge in [0.15, 0.2) is 0 Å². The fourth-order valence-corrected chi connectivity index (χ4v) is 2.07. The highest BCUT2D eigenvalue weighted by molar-refractivity contribution is 5.93. The number of H-pyrrole nitrogens is 2. The molecule has 0 saturated carbocycles. The maximum absolute atomic E-state index is 13.3. The van der Waals surface area contributed by atoms with Crippen LogP contribution in [0.15, 0.2) is 30.6 Å². The highest BCUT2D eigenvalue weighted by Gasteiger charge is 2.10. The second-order valence-corrected chi connectivity index (χ2v) is 4.19. The van der Waals surface area contributed by atoms with Crippen LogP contribution in [0.5, 0.6) is 0 Å². The summed E-state index contributed by atoms with van der Waals surface area (Å²) in [7, 11) is 0. The summed E-state index contributed by atoms with van der Waals surface area (Å²) < 4.78 is 13.3. The van der Waals surface area contributed by atoms with E-state index in [9.17, 15) is 4.39 Å². The fraction of sp³-hybridized carbons (Fsp3) is 0.154. The summed E-state index contributed by atoms with van der Waals surface area (Å²) in [6, 6.07) is 4.66. The minimum absolute atomic E-state index is 0.253. The Morgan fingerprint density at radius 1 is 1.33 bits per heavy atom. The van der Waals surface area contributed by atoms with Gasteiger partial charge in [0.2, 0.25) is 0 Å². The average Bonchev–Trinajstić information content (AvgIpc) is 2.95. The molecular formula is C13H13FN4. The molecule has 0 aliphatic heterocycles. The lowest BCUT2D eigenvalue weighted by molar-refractivity contribution is 0.630. The average molecular weight is 244 g/mol. The van der Waals surface area contributed by atoms with Crippen LogP contribution in [-0.4, -0.2) is 21.5 Å². The third-order valence-electron chi connectivity index (χ3n) is 2.94. The Labute approximate surface area is 103 Å². The van der Waals surface area contributed by atoms with Gasteiger partial charge in [-0.05, 0) is 24.7 Å². The van der Waals surface area contributed by atoms with Gasteiger partial charge in [0.25, 0.3) is 0 Å². The van der Waals surface area contributed by atoms with Crippen molar-refractivity contribution in [3.8, 4) is 11.4 Å². The summed E-state index contributed by atoms with van der Waals surface area (Å²) >= 11 is 0. The first-order valence-corrected chi connectivity index (χ1v) is 5.79. The number of halogens is 1. The van der Waals surface area contributed by atoms with Gasteiger partial charge in [0, 0.05) is 41.0 Å². The molecule has 0 saturated heterocycles. The lowest BCUT2D eigenvalue weighted by Gasteiger charge is -1.95. The predicted octanol–water partition coefficient (Wildman–Crippen LogP) is 2.20. The van der Waals surface area contributed by atoms with E-state index < -0.39 is 0 Å². The molecule has 0 fully saturated rings. The van der Waals surface area contributed by atoms with Crippen LogP contribution in [-0.2, 0) is 6.42 Å². The Morgan fingerprint density at radius 3 is 3.06 bits per heavy atom. The smallest absolute Gasteiger partial charge is 0.139 e. The molecule has 0 radical (unpaired) electrons. The number of fused-ring (bicyclic) bond motifs is 1. The molecule has 0 aliphatic carbocycles. The molecule has 0 bridgehead atoms. The van der Waals surface area contributed by atoms with E-state index >= 15 is 0 Å². The normalized spacial score (nSPS) is 11.2. The molecule has 0 aliphatic rings. The molecule has 18 heavy (non-hydrogen) atoms. The van der Waals surface area contributed by atoms with Crippen LogP contribution in [0, 0.1) is 5.82 Å². The predicted molar refractivity (Wildman–Crippen MR) is 68.6 cm³/mol. The molecule has 0 unspecified atom stereocenters. The van der Waals surface area contributed by atoms with Gasteiger partial charge >= 0.3 is 0 Å². The minimum atomic E-state index is -0.253. The van der Waals surface area contributed by atoms with Crippen LogP contribution < -0.4 is 5.73 Å². The molecule has 0 spiro atoms. The molecule has 4 nitrogen and oxygen atoms in total. The molecular weight excluding hydrogens is 231 g/mol. The summed E-state index contributed by atoms with van der Waals surface area (Å²) in [5.41, 5.74) is 8.24. The lowest BCUT2D eigenvalue weighted by atomic mass is 10.1. The zero-order valence-electron chi connectivity index (χ0n) is 9.70. The fourth-order valence-electron chi connectivity index (χ4n) is 2.07. The van der Waals surface area contributed by atoms with Gasteiger partial charge in [-0.2, -0.15) is 0 Å². The van der Waals surface area contributed by atoms with Crippen molar-refractivity contribution in [3.63, 3.8) is 0 Å². The second kappa shape index (κ2) is 4.27. The number of nitrogens with two attached hydrogens (primary N) is 1. The number of benzene rings is 1. The van der Waals surface area contributed by atoms with Crippen LogP contribution in [0.4, 0.5) is 4.39 Å². The Bertz CT molecular complexity index is 683. The highest BCUT2D eigenvalue weighted by atomic mass is 19.1. The largest absolute Gasteiger partial charge is 0.360 e. The molecule has 1 aromatic carbocycles. The Morgan fingerprint density at radius 2 is 2.22 bits per heavy atom. The topological polar surface area (TPSA) is 70.5 Å². The Kier molecular flexibility index (Phi) is 2.60. The summed E-state index contributed by atoms with van der Waals surface area (Å²) in [6.45, 7) is 0.574. The number of nitrogens with zero attached hydrogens (tertiary/aromatic N) is 1. The van der Waals surface area contributed by atoms with Crippen molar-refractivity contribution < 1.29 is 4.39 Å². The van der Waals surface area contributed by atoms with Crippen molar-refractivity contribution >= 4 is 10.9 Å². The number of rotatable bonds is 3. The molecule has 4 N–H and O–H groups in total. The third kappa shape index (κ3) is 1.78. The van der Waals surface area contributed by atoms with Gasteiger partial charge in [0.1, 0.15) is 11.6 Å². The first-order chi connectivity index (χ1) is 8.78. The van der Waals surface area contributed by atoms with Crippen molar-refractivity contribution in [2.24, 2.45) is 5.73 Å². The van der Waals surface area contributed by atoms with Crippen LogP contribution >= 0.6 is 0 Å². The van der Waals surface area contributed by atoms with Gasteiger partial charge in [-0.25, -0.2) is 9.37 Å². The van der Waals surface area contributed by atoms with E-state index in [1.165, 1.54) is 12.1 Å². The summed E-state index contributed by atoms with van der Waals surface area (Å²) in [5.74, 6) is 0.479. The van der Waals surface area contributed by atoms with Crippen molar-refractivity contribution in [1.82, 2.24) is 15.0 Å². The van der Waals surface area contributed by atoms with Crippen molar-refractivity contribution in [3.05, 3.63) is 42.1 Å². The maximum Gasteiger partial charge on any atom is 0.139 e. The molecule has 3 aromatic rings. The molecule has 0 atom stereocenters. The Balaban J connectivity index is 2.09. The van der Waals surface area contributed by atoms with Gasteiger partial charge in [0.05, 0.1) is 0 Å². The maximum atomic E-state index is 13.3. The van der Waals surface area contributed by atoms with Crippen LogP contribution in [0.25, 0.3) is 22.3 Å². The number of aromatic amines is 2. The highest BCUT2D eigenvalue weighted by Crippen LogP contribution is 2.27. The standard InChI is InChI=1S/C13H13FN4/c14-8-1-2-12-10(5-8)11(7-16-12)13-17-6-9(18-13)3-4-15/h1-2,5-7,16H,3-4,15H2,(H,17,18). The van der Waals surface area contributed by atoms with Crippen LogP contribution in [0.2, 0.25) is 0 Å². The zero-order valence-corrected chi connectivity index (χ0v) is 9.70. The van der Waals surface area contributed by atoms with Gasteiger partial charge in [-0.15, -0.1) is 0 Å². The zero-order chi connectivity index (χ0) is 12.5. The quantitative estimate of drug-likeness (QED) is 0.661. The summed E-state index contributed by atoms with van der Waals surface area (Å²) in [6.07, 6.45) is 4.35. The van der Waals surface area contributed by atoms with Gasteiger partial charge in [-0.1, -0.05) is 0 Å². The van der Waals surface area contributed by atoms with Crippen LogP contribution in [0.1, 0.15) is 5.69 Å². The third-order valence-corrected chi connectivity index (χ3v) is 2.94. The molecule has 5 heteroatoms. The number of imidazole rings is 1. The lowest BCUT2D eigenvalue weighted by Crippen LogP contribution is -2.02. The molecule has 2 heterocycles. The van der Waals surface area contributed by atoms with E-state index in [1.54, 1.807) is 12.3 Å². The van der Waals surface area contributed by atoms with Gasteiger partial charge < -0.3 is 15.7 Å². The van der Waals surface area contributed by atoms with Gasteiger partial charge in [-0.3, -0.25) is 0 Å².